The molecule has 5 rings (SSSR count). The van der Waals surface area contributed by atoms with Gasteiger partial charge in [0.05, 0.1) is 11.6 Å². The van der Waals surface area contributed by atoms with Crippen LogP contribution in [-0.2, 0) is 9.59 Å². The van der Waals surface area contributed by atoms with Gasteiger partial charge in [-0.15, -0.1) is 0 Å². The number of hydrogen-bond donors (Lipinski definition) is 2. The lowest BCUT2D eigenvalue weighted by Crippen LogP contribution is -2.30. The van der Waals surface area contributed by atoms with Gasteiger partial charge >= 0.3 is 0 Å². The quantitative estimate of drug-likeness (QED) is 0.236. The number of aliphatic hydroxyl groups is 1. The first-order valence-electron chi connectivity index (χ1n) is 11.0. The molecule has 0 bridgehead atoms. The highest BCUT2D eigenvalue weighted by Gasteiger charge is 2.47. The second-order valence-electron chi connectivity index (χ2n) is 8.61. The highest BCUT2D eigenvalue weighted by Crippen LogP contribution is 2.43. The first kappa shape index (κ1) is 21.5. The summed E-state index contributed by atoms with van der Waals surface area (Å²) in [6, 6.07) is 24.4. The molecule has 5 nitrogen and oxygen atoms in total. The van der Waals surface area contributed by atoms with Gasteiger partial charge in [0.1, 0.15) is 11.5 Å². The first-order valence-corrected chi connectivity index (χ1v) is 11.0. The lowest BCUT2D eigenvalue weighted by molar-refractivity contribution is -0.132. The van der Waals surface area contributed by atoms with Gasteiger partial charge in [0.15, 0.2) is 0 Å². The van der Waals surface area contributed by atoms with E-state index >= 15 is 0 Å². The maximum Gasteiger partial charge on any atom is 0.300 e. The lowest BCUT2D eigenvalue weighted by atomic mass is 9.94. The van der Waals surface area contributed by atoms with Crippen LogP contribution < -0.4 is 4.90 Å². The topological polar surface area (TPSA) is 77.8 Å². The Morgan fingerprint density at radius 1 is 0.824 bits per heavy atom. The fourth-order valence-corrected chi connectivity index (χ4v) is 4.52. The number of nitrogens with zero attached hydrogens (tertiary/aromatic N) is 1. The molecule has 5 heteroatoms. The monoisotopic (exact) mass is 449 g/mol. The number of amides is 1. The van der Waals surface area contributed by atoms with Crippen LogP contribution in [0.25, 0.3) is 16.5 Å². The van der Waals surface area contributed by atoms with Crippen molar-refractivity contribution in [2.45, 2.75) is 19.9 Å². The van der Waals surface area contributed by atoms with E-state index in [-0.39, 0.29) is 17.1 Å². The highest BCUT2D eigenvalue weighted by molar-refractivity contribution is 6.51. The van der Waals surface area contributed by atoms with E-state index in [4.69, 9.17) is 0 Å². The number of aromatic hydroxyl groups is 1. The fourth-order valence-electron chi connectivity index (χ4n) is 4.52. The third-order valence-electron chi connectivity index (χ3n) is 6.30. The molecule has 0 spiro atoms. The number of anilines is 1. The Labute approximate surface area is 197 Å². The summed E-state index contributed by atoms with van der Waals surface area (Å²) in [5, 5.41) is 23.1. The van der Waals surface area contributed by atoms with Crippen LogP contribution in [-0.4, -0.2) is 21.9 Å². The van der Waals surface area contributed by atoms with Crippen molar-refractivity contribution in [1.29, 1.82) is 0 Å². The van der Waals surface area contributed by atoms with Crippen LogP contribution in [0.5, 0.6) is 5.75 Å². The number of phenols is 1. The summed E-state index contributed by atoms with van der Waals surface area (Å²) in [6.45, 7) is 3.80. The molecule has 4 aromatic carbocycles. The predicted molar refractivity (Wildman–Crippen MR) is 133 cm³/mol. The van der Waals surface area contributed by atoms with Gasteiger partial charge in [-0.1, -0.05) is 60.7 Å². The van der Waals surface area contributed by atoms with Crippen LogP contribution in [0.4, 0.5) is 5.69 Å². The highest BCUT2D eigenvalue weighted by atomic mass is 16.3. The van der Waals surface area contributed by atoms with Crippen molar-refractivity contribution in [2.75, 3.05) is 4.90 Å². The van der Waals surface area contributed by atoms with Gasteiger partial charge in [0.25, 0.3) is 11.7 Å². The van der Waals surface area contributed by atoms with Gasteiger partial charge < -0.3 is 10.2 Å². The Hall–Kier alpha value is -4.38. The molecule has 0 aliphatic carbocycles. The number of benzene rings is 4. The number of rotatable bonds is 3. The molecular formula is C29H23NO4. The largest absolute Gasteiger partial charge is 0.508 e. The van der Waals surface area contributed by atoms with E-state index in [1.165, 1.54) is 17.0 Å². The summed E-state index contributed by atoms with van der Waals surface area (Å²) in [5.41, 5.74) is 3.48. The predicted octanol–water partition coefficient (Wildman–Crippen LogP) is 5.79. The number of aliphatic hydroxyl groups excluding tert-OH is 1. The molecule has 1 fully saturated rings. The zero-order valence-electron chi connectivity index (χ0n) is 18.8. The van der Waals surface area contributed by atoms with Gasteiger partial charge in [-0.2, -0.15) is 0 Å². The Bertz CT molecular complexity index is 1480. The average Bonchev–Trinajstić information content (AvgIpc) is 3.10. The van der Waals surface area contributed by atoms with Crippen LogP contribution in [0.1, 0.15) is 28.3 Å². The third-order valence-corrected chi connectivity index (χ3v) is 6.30. The van der Waals surface area contributed by atoms with Crippen molar-refractivity contribution >= 4 is 33.9 Å². The molecule has 1 aliphatic heterocycles. The van der Waals surface area contributed by atoms with Crippen molar-refractivity contribution in [3.8, 4) is 5.75 Å². The first-order chi connectivity index (χ1) is 16.3. The summed E-state index contributed by atoms with van der Waals surface area (Å²) in [5.74, 6) is -1.60. The van der Waals surface area contributed by atoms with Crippen LogP contribution in [0, 0.1) is 13.8 Å². The van der Waals surface area contributed by atoms with Crippen LogP contribution >= 0.6 is 0 Å². The second-order valence-corrected chi connectivity index (χ2v) is 8.61. The number of fused-ring (bicyclic) bond motifs is 1. The van der Waals surface area contributed by atoms with Crippen LogP contribution in [0.3, 0.4) is 0 Å². The number of ketones is 1. The van der Waals surface area contributed by atoms with Gasteiger partial charge in [-0.25, -0.2) is 0 Å². The summed E-state index contributed by atoms with van der Waals surface area (Å²) in [6.07, 6.45) is 0. The van der Waals surface area contributed by atoms with E-state index in [0.29, 0.717) is 16.8 Å². The maximum atomic E-state index is 13.4. The lowest BCUT2D eigenvalue weighted by Gasteiger charge is -2.27. The van der Waals surface area contributed by atoms with E-state index in [1.54, 1.807) is 18.2 Å². The van der Waals surface area contributed by atoms with Crippen molar-refractivity contribution < 1.29 is 19.8 Å². The molecule has 2 N–H and O–H groups in total. The Balaban J connectivity index is 1.75. The van der Waals surface area contributed by atoms with Crippen LogP contribution in [0.2, 0.25) is 0 Å². The summed E-state index contributed by atoms with van der Waals surface area (Å²) in [7, 11) is 0. The number of carbonyl (C=O) groups is 2. The van der Waals surface area contributed by atoms with Gasteiger partial charge in [-0.3, -0.25) is 14.5 Å². The Kier molecular flexibility index (Phi) is 5.17. The number of Topliss-reactive ketones (excluding diaryl/α,β-unsaturated/α-hetero) is 1. The number of aryl methyl sites for hydroxylation is 2. The molecule has 0 aromatic heterocycles. The zero-order valence-corrected chi connectivity index (χ0v) is 18.8. The van der Waals surface area contributed by atoms with Crippen molar-refractivity contribution in [2.24, 2.45) is 0 Å². The normalized spacial score (nSPS) is 17.5. The minimum atomic E-state index is -0.840. The zero-order chi connectivity index (χ0) is 24.0. The van der Waals surface area contributed by atoms with E-state index in [9.17, 15) is 19.8 Å². The SMILES string of the molecule is Cc1ccc(C)c(N2C(=O)C(=O)/C(=C(\O)c3ccc4ccccc4c3)C2c2ccc(O)cc2)c1. The van der Waals surface area contributed by atoms with Crippen molar-refractivity contribution in [3.63, 3.8) is 0 Å². The summed E-state index contributed by atoms with van der Waals surface area (Å²) < 4.78 is 0. The molecule has 4 aromatic rings. The summed E-state index contributed by atoms with van der Waals surface area (Å²) in [4.78, 5) is 28.2. The van der Waals surface area contributed by atoms with E-state index in [1.807, 2.05) is 68.4 Å². The Morgan fingerprint density at radius 3 is 2.26 bits per heavy atom. The molecule has 0 saturated carbocycles. The van der Waals surface area contributed by atoms with Crippen molar-refractivity contribution in [1.82, 2.24) is 0 Å². The molecule has 1 heterocycles. The molecule has 0 radical (unpaired) electrons. The van der Waals surface area contributed by atoms with Crippen molar-refractivity contribution in [3.05, 3.63) is 113 Å². The standard InChI is InChI=1S/C29H23NO4/c1-17-7-8-18(2)24(15-17)30-26(20-11-13-23(31)14-12-20)25(28(33)29(30)34)27(32)22-10-9-19-5-3-4-6-21(19)16-22/h3-16,26,31-32H,1-2H3/b27-25-. The summed E-state index contributed by atoms with van der Waals surface area (Å²) >= 11 is 0. The molecule has 34 heavy (non-hydrogen) atoms. The number of phenolic OH excluding ortho intramolecular Hbond substituents is 1. The number of hydrogen-bond acceptors (Lipinski definition) is 4. The average molecular weight is 450 g/mol. The van der Waals surface area contributed by atoms with Gasteiger partial charge in [0.2, 0.25) is 0 Å². The van der Waals surface area contributed by atoms with E-state index in [0.717, 1.165) is 21.9 Å². The molecular weight excluding hydrogens is 426 g/mol. The third kappa shape index (κ3) is 3.52. The number of carbonyl (C=O) groups excluding carboxylic acids is 2. The smallest absolute Gasteiger partial charge is 0.300 e. The minimum absolute atomic E-state index is 0.0203. The molecule has 1 saturated heterocycles. The molecule has 168 valence electrons. The van der Waals surface area contributed by atoms with E-state index < -0.39 is 17.7 Å². The molecule has 1 amide bonds. The minimum Gasteiger partial charge on any atom is -0.508 e. The molecule has 1 unspecified atom stereocenters. The maximum absolute atomic E-state index is 13.4. The second kappa shape index (κ2) is 8.19. The van der Waals surface area contributed by atoms with E-state index in [2.05, 4.69) is 0 Å². The van der Waals surface area contributed by atoms with Gasteiger partial charge in [0, 0.05) is 11.3 Å². The van der Waals surface area contributed by atoms with Crippen LogP contribution in [0.15, 0.2) is 90.5 Å². The molecule has 1 aliphatic rings. The fraction of sp³-hybridized carbons (Fsp3) is 0.103. The van der Waals surface area contributed by atoms with Gasteiger partial charge in [-0.05, 0) is 65.6 Å². The Morgan fingerprint density at radius 2 is 1.53 bits per heavy atom. The molecule has 1 atom stereocenters.